The molecule has 2 nitrogen and oxygen atoms in total. The van der Waals surface area contributed by atoms with Crippen LogP contribution in [0, 0.1) is 6.92 Å². The number of nitrogens with zero attached hydrogens (tertiary/aromatic N) is 1. The molecule has 0 unspecified atom stereocenters. The number of aryl methyl sites for hydroxylation is 1. The minimum Gasteiger partial charge on any atom is -0.373 e. The number of hydrogen-bond acceptors (Lipinski definition) is 3. The van der Waals surface area contributed by atoms with E-state index in [1.165, 1.54) is 20.6 Å². The fourth-order valence-corrected chi connectivity index (χ4v) is 3.44. The van der Waals surface area contributed by atoms with Gasteiger partial charge in [-0.2, -0.15) is 0 Å². The summed E-state index contributed by atoms with van der Waals surface area (Å²) in [6.07, 6.45) is 0. The summed E-state index contributed by atoms with van der Waals surface area (Å²) in [5.74, 6) is 0. The summed E-state index contributed by atoms with van der Waals surface area (Å²) in [4.78, 5) is 3.66. The molecular weight excluding hydrogens is 320 g/mol. The Morgan fingerprint density at radius 2 is 2.11 bits per heavy atom. The van der Waals surface area contributed by atoms with Gasteiger partial charge in [-0.3, -0.25) is 0 Å². The lowest BCUT2D eigenvalue weighted by molar-refractivity contribution is 0.685. The summed E-state index contributed by atoms with van der Waals surface area (Å²) >= 11 is 5.26. The Morgan fingerprint density at radius 1 is 1.32 bits per heavy atom. The number of likely N-dealkylation sites (N-methyl/N-ethyl adjacent to an activating group) is 1. The maximum absolute atomic E-state index is 3.48. The third kappa shape index (κ3) is 4.34. The number of benzene rings is 1. The molecule has 1 aromatic carbocycles. The second kappa shape index (κ2) is 7.08. The summed E-state index contributed by atoms with van der Waals surface area (Å²) in [5, 5.41) is 5.60. The van der Waals surface area contributed by atoms with Crippen LogP contribution in [0.1, 0.15) is 10.4 Å². The molecule has 0 aliphatic rings. The van der Waals surface area contributed by atoms with Crippen molar-refractivity contribution in [3.63, 3.8) is 0 Å². The molecule has 2 aromatic rings. The molecule has 0 atom stereocenters. The van der Waals surface area contributed by atoms with E-state index in [0.29, 0.717) is 0 Å². The lowest BCUT2D eigenvalue weighted by atomic mass is 10.2. The number of nitrogens with one attached hydrogen (secondary N) is 1. The number of hydrogen-bond donors (Lipinski definition) is 1. The number of para-hydroxylation sites is 1. The van der Waals surface area contributed by atoms with Crippen LogP contribution in [0.4, 0.5) is 5.69 Å². The Kier molecular flexibility index (Phi) is 5.43. The third-order valence-electron chi connectivity index (χ3n) is 3.07. The normalized spacial score (nSPS) is 10.7. The predicted molar refractivity (Wildman–Crippen MR) is 88.2 cm³/mol. The molecule has 0 saturated carbocycles. The molecule has 102 valence electrons. The maximum atomic E-state index is 3.48. The van der Waals surface area contributed by atoms with Gasteiger partial charge in [0.05, 0.1) is 0 Å². The molecule has 0 spiro atoms. The second-order valence-electron chi connectivity index (χ2n) is 4.62. The van der Waals surface area contributed by atoms with Gasteiger partial charge < -0.3 is 10.2 Å². The van der Waals surface area contributed by atoms with E-state index in [-0.39, 0.29) is 0 Å². The van der Waals surface area contributed by atoms with Gasteiger partial charge in [-0.15, -0.1) is 11.3 Å². The van der Waals surface area contributed by atoms with E-state index >= 15 is 0 Å². The fourth-order valence-electron chi connectivity index (χ4n) is 2.02. The van der Waals surface area contributed by atoms with Crippen LogP contribution in [-0.2, 0) is 6.54 Å². The third-order valence-corrected chi connectivity index (χ3v) is 4.77. The van der Waals surface area contributed by atoms with E-state index in [9.17, 15) is 0 Å². The fraction of sp³-hybridized carbons (Fsp3) is 0.333. The second-order valence-corrected chi connectivity index (χ2v) is 6.53. The molecule has 1 aromatic heterocycles. The van der Waals surface area contributed by atoms with Crippen LogP contribution in [0.3, 0.4) is 0 Å². The van der Waals surface area contributed by atoms with Crippen molar-refractivity contribution in [2.24, 2.45) is 0 Å². The Balaban J connectivity index is 1.75. The predicted octanol–water partition coefficient (Wildman–Crippen LogP) is 4.05. The molecule has 1 N–H and O–H groups in total. The highest BCUT2D eigenvalue weighted by Crippen LogP contribution is 2.19. The molecule has 0 aliphatic carbocycles. The van der Waals surface area contributed by atoms with Crippen molar-refractivity contribution in [2.45, 2.75) is 13.5 Å². The molecule has 0 aliphatic heterocycles. The van der Waals surface area contributed by atoms with Crippen molar-refractivity contribution in [3.8, 4) is 0 Å². The van der Waals surface area contributed by atoms with Crippen molar-refractivity contribution >= 4 is 33.0 Å². The van der Waals surface area contributed by atoms with Crippen LogP contribution >= 0.6 is 27.3 Å². The van der Waals surface area contributed by atoms with E-state index in [1.54, 1.807) is 11.3 Å². The number of halogens is 1. The van der Waals surface area contributed by atoms with Gasteiger partial charge >= 0.3 is 0 Å². The summed E-state index contributed by atoms with van der Waals surface area (Å²) in [5.41, 5.74) is 2.63. The van der Waals surface area contributed by atoms with E-state index < -0.39 is 0 Å². The topological polar surface area (TPSA) is 15.3 Å². The highest BCUT2D eigenvalue weighted by Gasteiger charge is 2.03. The number of rotatable bonds is 6. The highest BCUT2D eigenvalue weighted by atomic mass is 79.9. The molecule has 0 bridgehead atoms. The van der Waals surface area contributed by atoms with Gasteiger partial charge in [-0.05, 0) is 40.5 Å². The molecule has 0 radical (unpaired) electrons. The molecule has 2 rings (SSSR count). The van der Waals surface area contributed by atoms with Gasteiger partial charge in [-0.1, -0.05) is 18.2 Å². The molecule has 19 heavy (non-hydrogen) atoms. The van der Waals surface area contributed by atoms with Crippen LogP contribution in [0.25, 0.3) is 0 Å². The first-order valence-electron chi connectivity index (χ1n) is 6.37. The molecule has 0 fully saturated rings. The van der Waals surface area contributed by atoms with Gasteiger partial charge in [0.15, 0.2) is 0 Å². The summed E-state index contributed by atoms with van der Waals surface area (Å²) in [6, 6.07) is 10.7. The largest absolute Gasteiger partial charge is 0.373 e. The molecular formula is C15H19BrN2S. The quantitative estimate of drug-likeness (QED) is 0.799. The monoisotopic (exact) mass is 338 g/mol. The zero-order chi connectivity index (χ0) is 13.7. The first kappa shape index (κ1) is 14.6. The standard InChI is InChI=1S/C15H19BrN2S/c1-12-5-3-4-6-15(12)18(2)8-7-17-10-14-9-13(16)11-19-14/h3-6,9,11,17H,7-8,10H2,1-2H3. The average Bonchev–Trinajstić information content (AvgIpc) is 2.81. The first-order chi connectivity index (χ1) is 9.16. The van der Waals surface area contributed by atoms with Crippen molar-refractivity contribution in [1.29, 1.82) is 0 Å². The highest BCUT2D eigenvalue weighted by molar-refractivity contribution is 9.10. The van der Waals surface area contributed by atoms with Crippen LogP contribution in [0.15, 0.2) is 40.2 Å². The number of thiophene rings is 1. The minimum atomic E-state index is 0.942. The maximum Gasteiger partial charge on any atom is 0.0393 e. The Morgan fingerprint density at radius 3 is 2.79 bits per heavy atom. The van der Waals surface area contributed by atoms with Crippen molar-refractivity contribution in [2.75, 3.05) is 25.0 Å². The molecule has 4 heteroatoms. The van der Waals surface area contributed by atoms with Gasteiger partial charge in [0.2, 0.25) is 0 Å². The van der Waals surface area contributed by atoms with Gasteiger partial charge in [0, 0.05) is 47.1 Å². The summed E-state index contributed by atoms with van der Waals surface area (Å²) in [7, 11) is 2.14. The average molecular weight is 339 g/mol. The number of anilines is 1. The summed E-state index contributed by atoms with van der Waals surface area (Å²) in [6.45, 7) is 5.10. The van der Waals surface area contributed by atoms with Gasteiger partial charge in [-0.25, -0.2) is 0 Å². The molecule has 0 saturated heterocycles. The lowest BCUT2D eigenvalue weighted by Crippen LogP contribution is -2.29. The van der Waals surface area contributed by atoms with Gasteiger partial charge in [0.1, 0.15) is 0 Å². The molecule has 0 amide bonds. The summed E-state index contributed by atoms with van der Waals surface area (Å²) < 4.78 is 1.17. The van der Waals surface area contributed by atoms with Gasteiger partial charge in [0.25, 0.3) is 0 Å². The van der Waals surface area contributed by atoms with Crippen LogP contribution in [0.2, 0.25) is 0 Å². The Bertz CT molecular complexity index is 524. The first-order valence-corrected chi connectivity index (χ1v) is 8.04. The minimum absolute atomic E-state index is 0.942. The lowest BCUT2D eigenvalue weighted by Gasteiger charge is -2.21. The zero-order valence-corrected chi connectivity index (χ0v) is 13.7. The Labute approximate surface area is 127 Å². The SMILES string of the molecule is Cc1ccccc1N(C)CCNCc1cc(Br)cs1. The van der Waals surface area contributed by atoms with Crippen LogP contribution < -0.4 is 10.2 Å². The van der Waals surface area contributed by atoms with Crippen molar-refractivity contribution in [3.05, 3.63) is 50.6 Å². The smallest absolute Gasteiger partial charge is 0.0393 e. The van der Waals surface area contributed by atoms with Crippen molar-refractivity contribution < 1.29 is 0 Å². The van der Waals surface area contributed by atoms with E-state index in [0.717, 1.165) is 19.6 Å². The van der Waals surface area contributed by atoms with E-state index in [1.807, 2.05) is 0 Å². The van der Waals surface area contributed by atoms with Crippen LogP contribution in [-0.4, -0.2) is 20.1 Å². The Hall–Kier alpha value is -0.840. The van der Waals surface area contributed by atoms with Crippen LogP contribution in [0.5, 0.6) is 0 Å². The molecule has 1 heterocycles. The zero-order valence-electron chi connectivity index (χ0n) is 11.3. The van der Waals surface area contributed by atoms with Crippen molar-refractivity contribution in [1.82, 2.24) is 5.32 Å². The van der Waals surface area contributed by atoms with E-state index in [4.69, 9.17) is 0 Å². The van der Waals surface area contributed by atoms with E-state index in [2.05, 4.69) is 75.8 Å².